The number of hydrogen-bond acceptors (Lipinski definition) is 3. The van der Waals surface area contributed by atoms with Gasteiger partial charge in [0.15, 0.2) is 5.11 Å². The Morgan fingerprint density at radius 1 is 1.06 bits per heavy atom. The van der Waals surface area contributed by atoms with Gasteiger partial charge in [-0.1, -0.05) is 23.3 Å². The largest absolute Gasteiger partial charge is 0.362 e. The zero-order valence-corrected chi connectivity index (χ0v) is 22.7. The monoisotopic (exact) mass is 504 g/mol. The molecule has 0 spiro atoms. The predicted molar refractivity (Wildman–Crippen MR) is 150 cm³/mol. The van der Waals surface area contributed by atoms with Gasteiger partial charge in [0.05, 0.1) is 5.41 Å². The Morgan fingerprint density at radius 2 is 1.72 bits per heavy atom. The lowest BCUT2D eigenvalue weighted by atomic mass is 9.82. The quantitative estimate of drug-likeness (QED) is 0.417. The fraction of sp³-hybridized carbons (Fsp3) is 0.414. The van der Waals surface area contributed by atoms with Crippen molar-refractivity contribution in [3.8, 4) is 11.3 Å². The van der Waals surface area contributed by atoms with Crippen LogP contribution in [0.15, 0.2) is 36.4 Å². The van der Waals surface area contributed by atoms with Gasteiger partial charge in [-0.15, -0.1) is 0 Å². The standard InChI is InChI=1S/C29H36N4O2S/c1-18-14-19(2)16-21(15-18)26-23(10-11-30-28(36)31-20(3)34)24-17-22(8-9-25(24)32-26)29(4,5)27(35)33-12-6-7-13-33/h8-9,14-17,32H,6-7,10-13H2,1-5H3,(H2,30,31,34,36). The molecule has 7 heteroatoms. The summed E-state index contributed by atoms with van der Waals surface area (Å²) in [5, 5.41) is 7.20. The van der Waals surface area contributed by atoms with E-state index in [0.717, 1.165) is 53.7 Å². The van der Waals surface area contributed by atoms with Crippen molar-refractivity contribution in [1.29, 1.82) is 0 Å². The lowest BCUT2D eigenvalue weighted by Crippen LogP contribution is -2.41. The van der Waals surface area contributed by atoms with Gasteiger partial charge in [-0.05, 0) is 100 Å². The number of rotatable bonds is 6. The highest BCUT2D eigenvalue weighted by Crippen LogP contribution is 2.36. The molecule has 36 heavy (non-hydrogen) atoms. The Kier molecular flexibility index (Phi) is 7.50. The molecule has 0 atom stereocenters. The van der Waals surface area contributed by atoms with Crippen LogP contribution in [0.5, 0.6) is 0 Å². The van der Waals surface area contributed by atoms with Gasteiger partial charge in [-0.25, -0.2) is 0 Å². The van der Waals surface area contributed by atoms with Crippen molar-refractivity contribution < 1.29 is 9.59 Å². The van der Waals surface area contributed by atoms with Gasteiger partial charge in [0.25, 0.3) is 0 Å². The lowest BCUT2D eigenvalue weighted by molar-refractivity contribution is -0.135. The smallest absolute Gasteiger partial charge is 0.232 e. The number of carbonyl (C=O) groups is 2. The van der Waals surface area contributed by atoms with Crippen molar-refractivity contribution in [3.63, 3.8) is 0 Å². The number of H-pyrrole nitrogens is 1. The molecule has 1 aliphatic heterocycles. The minimum absolute atomic E-state index is 0.188. The SMILES string of the molecule is CC(=O)NC(=S)NCCc1c(-c2cc(C)cc(C)c2)[nH]c2ccc(C(C)(C)C(=O)N3CCCC3)cc12. The zero-order chi connectivity index (χ0) is 26.0. The van der Waals surface area contributed by atoms with E-state index in [4.69, 9.17) is 12.2 Å². The van der Waals surface area contributed by atoms with Gasteiger partial charge in [-0.2, -0.15) is 0 Å². The van der Waals surface area contributed by atoms with Crippen molar-refractivity contribution in [1.82, 2.24) is 20.5 Å². The highest BCUT2D eigenvalue weighted by molar-refractivity contribution is 7.80. The molecule has 1 saturated heterocycles. The summed E-state index contributed by atoms with van der Waals surface area (Å²) in [5.74, 6) is -0.00153. The number of amides is 2. The molecule has 0 radical (unpaired) electrons. The first-order valence-electron chi connectivity index (χ1n) is 12.6. The second-order valence-electron chi connectivity index (χ2n) is 10.4. The van der Waals surface area contributed by atoms with Gasteiger partial charge in [0.1, 0.15) is 0 Å². The van der Waals surface area contributed by atoms with Gasteiger partial charge in [0, 0.05) is 43.2 Å². The molecule has 0 aliphatic carbocycles. The van der Waals surface area contributed by atoms with Crippen LogP contribution < -0.4 is 10.6 Å². The summed E-state index contributed by atoms with van der Waals surface area (Å²) in [5.41, 5.74) is 7.23. The fourth-order valence-corrected chi connectivity index (χ4v) is 5.45. The summed E-state index contributed by atoms with van der Waals surface area (Å²) in [7, 11) is 0. The van der Waals surface area contributed by atoms with E-state index < -0.39 is 5.41 Å². The first-order valence-corrected chi connectivity index (χ1v) is 13.1. The maximum atomic E-state index is 13.4. The van der Waals surface area contributed by atoms with Crippen molar-refractivity contribution in [2.75, 3.05) is 19.6 Å². The number of aromatic nitrogens is 1. The highest BCUT2D eigenvalue weighted by atomic mass is 32.1. The zero-order valence-electron chi connectivity index (χ0n) is 21.9. The number of fused-ring (bicyclic) bond motifs is 1. The normalized spacial score (nSPS) is 13.8. The van der Waals surface area contributed by atoms with Crippen LogP contribution in [0.25, 0.3) is 22.2 Å². The Labute approximate surface area is 218 Å². The molecule has 4 rings (SSSR count). The van der Waals surface area contributed by atoms with E-state index in [-0.39, 0.29) is 11.8 Å². The van der Waals surface area contributed by atoms with Crippen LogP contribution in [0.1, 0.15) is 55.9 Å². The van der Waals surface area contributed by atoms with Crippen LogP contribution >= 0.6 is 12.2 Å². The molecule has 6 nitrogen and oxygen atoms in total. The molecular weight excluding hydrogens is 468 g/mol. The van der Waals surface area contributed by atoms with Crippen LogP contribution in [-0.4, -0.2) is 46.4 Å². The molecule has 1 aromatic heterocycles. The van der Waals surface area contributed by atoms with E-state index in [1.54, 1.807) is 0 Å². The minimum atomic E-state index is -0.613. The second-order valence-corrected chi connectivity index (χ2v) is 10.8. The minimum Gasteiger partial charge on any atom is -0.362 e. The summed E-state index contributed by atoms with van der Waals surface area (Å²) in [4.78, 5) is 30.4. The summed E-state index contributed by atoms with van der Waals surface area (Å²) in [6, 6.07) is 12.9. The lowest BCUT2D eigenvalue weighted by Gasteiger charge is -2.29. The number of hydrogen-bond donors (Lipinski definition) is 3. The van der Waals surface area contributed by atoms with Crippen LogP contribution in [0, 0.1) is 13.8 Å². The number of nitrogens with one attached hydrogen (secondary N) is 3. The van der Waals surface area contributed by atoms with E-state index in [1.165, 1.54) is 23.6 Å². The van der Waals surface area contributed by atoms with E-state index in [0.29, 0.717) is 18.1 Å². The molecule has 190 valence electrons. The Morgan fingerprint density at radius 3 is 2.36 bits per heavy atom. The van der Waals surface area contributed by atoms with Crippen molar-refractivity contribution in [3.05, 3.63) is 58.7 Å². The van der Waals surface area contributed by atoms with Crippen molar-refractivity contribution in [2.24, 2.45) is 0 Å². The average Bonchev–Trinajstić information content (AvgIpc) is 3.45. The third-order valence-electron chi connectivity index (χ3n) is 7.02. The van der Waals surface area contributed by atoms with E-state index in [1.807, 2.05) is 18.7 Å². The molecule has 1 fully saturated rings. The molecule has 0 unspecified atom stereocenters. The number of aryl methyl sites for hydroxylation is 2. The molecule has 0 saturated carbocycles. The van der Waals surface area contributed by atoms with Gasteiger partial charge in [0.2, 0.25) is 11.8 Å². The molecular formula is C29H36N4O2S. The maximum Gasteiger partial charge on any atom is 0.232 e. The Balaban J connectivity index is 1.74. The fourth-order valence-electron chi connectivity index (χ4n) is 5.21. The molecule has 2 aromatic carbocycles. The first kappa shape index (κ1) is 25.9. The Hall–Kier alpha value is -3.19. The number of thiocarbonyl (C=S) groups is 1. The Bertz CT molecular complexity index is 1300. The molecule has 3 aromatic rings. The first-order chi connectivity index (χ1) is 17.1. The van der Waals surface area contributed by atoms with Gasteiger partial charge in [-0.3, -0.25) is 9.59 Å². The second kappa shape index (κ2) is 10.4. The topological polar surface area (TPSA) is 77.2 Å². The van der Waals surface area contributed by atoms with E-state index in [9.17, 15) is 9.59 Å². The van der Waals surface area contributed by atoms with Gasteiger partial charge >= 0.3 is 0 Å². The third kappa shape index (κ3) is 5.46. The molecule has 3 N–H and O–H groups in total. The van der Waals surface area contributed by atoms with E-state index >= 15 is 0 Å². The predicted octanol–water partition coefficient (Wildman–Crippen LogP) is 4.90. The van der Waals surface area contributed by atoms with Crippen molar-refractivity contribution in [2.45, 2.75) is 59.3 Å². The number of nitrogens with zero attached hydrogens (tertiary/aromatic N) is 1. The number of aromatic amines is 1. The number of benzene rings is 2. The molecule has 1 aliphatic rings. The third-order valence-corrected chi connectivity index (χ3v) is 7.26. The molecule has 2 amide bonds. The van der Waals surface area contributed by atoms with Crippen LogP contribution in [0.4, 0.5) is 0 Å². The highest BCUT2D eigenvalue weighted by Gasteiger charge is 2.35. The average molecular weight is 505 g/mol. The number of likely N-dealkylation sites (tertiary alicyclic amines) is 1. The van der Waals surface area contributed by atoms with Crippen LogP contribution in [0.2, 0.25) is 0 Å². The van der Waals surface area contributed by atoms with Crippen LogP contribution in [-0.2, 0) is 21.4 Å². The maximum absolute atomic E-state index is 13.4. The van der Waals surface area contributed by atoms with E-state index in [2.05, 4.69) is 65.9 Å². The van der Waals surface area contributed by atoms with Crippen LogP contribution in [0.3, 0.4) is 0 Å². The number of carbonyl (C=O) groups excluding carboxylic acids is 2. The summed E-state index contributed by atoms with van der Waals surface area (Å²) in [6.45, 7) is 12.0. The molecule has 0 bridgehead atoms. The molecule has 2 heterocycles. The van der Waals surface area contributed by atoms with Gasteiger partial charge < -0.3 is 20.5 Å². The van der Waals surface area contributed by atoms with Crippen molar-refractivity contribution >= 4 is 40.0 Å². The summed E-state index contributed by atoms with van der Waals surface area (Å²) < 4.78 is 0. The summed E-state index contributed by atoms with van der Waals surface area (Å²) >= 11 is 5.24. The summed E-state index contributed by atoms with van der Waals surface area (Å²) in [6.07, 6.45) is 2.86.